The van der Waals surface area contributed by atoms with Crippen LogP contribution in [0.2, 0.25) is 0 Å². The van der Waals surface area contributed by atoms with Gasteiger partial charge in [0.2, 0.25) is 0 Å². The van der Waals surface area contributed by atoms with Gasteiger partial charge in [-0.25, -0.2) is 18.7 Å². The van der Waals surface area contributed by atoms with E-state index in [4.69, 9.17) is 0 Å². The van der Waals surface area contributed by atoms with Gasteiger partial charge < -0.3 is 10.2 Å². The number of anilines is 1. The molecule has 0 bridgehead atoms. The Balaban J connectivity index is 2.04. The smallest absolute Gasteiger partial charge is 0.138 e. The molecule has 1 aromatic heterocycles. The zero-order valence-electron chi connectivity index (χ0n) is 11.6. The van der Waals surface area contributed by atoms with Gasteiger partial charge in [0.05, 0.1) is 5.56 Å². The molecule has 0 saturated heterocycles. The van der Waals surface area contributed by atoms with Crippen molar-refractivity contribution in [2.24, 2.45) is 0 Å². The number of hydrogen-bond acceptors (Lipinski definition) is 4. The fourth-order valence-electron chi connectivity index (χ4n) is 2.41. The summed E-state index contributed by atoms with van der Waals surface area (Å²) in [4.78, 5) is 10.2. The van der Waals surface area contributed by atoms with E-state index >= 15 is 0 Å². The van der Waals surface area contributed by atoms with Crippen LogP contribution in [-0.4, -0.2) is 9.97 Å². The summed E-state index contributed by atoms with van der Waals surface area (Å²) in [7, 11) is 0. The summed E-state index contributed by atoms with van der Waals surface area (Å²) in [5.41, 5.74) is 0.766. The van der Waals surface area contributed by atoms with Gasteiger partial charge in [0.25, 0.3) is 0 Å². The maximum Gasteiger partial charge on any atom is 0.138 e. The Morgan fingerprint density at radius 1 is 1.14 bits per heavy atom. The lowest BCUT2D eigenvalue weighted by molar-refractivity contribution is 0.511. The van der Waals surface area contributed by atoms with Gasteiger partial charge >= 0.3 is 0 Å². The number of aromatic nitrogens is 2. The molecule has 6 heteroatoms. The average Bonchev–Trinajstić information content (AvgIpc) is 2.86. The standard InChI is InChI=1S/C15H14F2N4/c1-9-8-13(20-10(2)19-9)21-7-6-18-15(21)14-11(16)4-3-5-12(14)17/h3-8,15,18H,1-2H3. The SMILES string of the molecule is Cc1cc(N2C=CNC2c2c(F)cccc2F)nc(C)n1. The minimum Gasteiger partial charge on any atom is -0.366 e. The van der Waals surface area contributed by atoms with Crippen molar-refractivity contribution in [3.8, 4) is 0 Å². The van der Waals surface area contributed by atoms with Crippen LogP contribution < -0.4 is 10.2 Å². The van der Waals surface area contributed by atoms with Gasteiger partial charge in [-0.15, -0.1) is 0 Å². The normalized spacial score (nSPS) is 17.1. The summed E-state index contributed by atoms with van der Waals surface area (Å²) in [5, 5.41) is 2.95. The van der Waals surface area contributed by atoms with E-state index in [1.165, 1.54) is 18.2 Å². The van der Waals surface area contributed by atoms with E-state index in [-0.39, 0.29) is 5.56 Å². The molecule has 2 heterocycles. The summed E-state index contributed by atoms with van der Waals surface area (Å²) in [5.74, 6) is 0.0133. The van der Waals surface area contributed by atoms with Gasteiger partial charge in [0.1, 0.15) is 29.4 Å². The minimum absolute atomic E-state index is 0.0311. The molecular weight excluding hydrogens is 274 g/mol. The van der Waals surface area contributed by atoms with Crippen LogP contribution in [0.3, 0.4) is 0 Å². The molecule has 1 unspecified atom stereocenters. The summed E-state index contributed by atoms with van der Waals surface area (Å²) < 4.78 is 28.0. The third kappa shape index (κ3) is 2.44. The molecule has 0 radical (unpaired) electrons. The molecule has 3 rings (SSSR count). The third-order valence-corrected chi connectivity index (χ3v) is 3.26. The lowest BCUT2D eigenvalue weighted by Gasteiger charge is -2.26. The van der Waals surface area contributed by atoms with Gasteiger partial charge in [0, 0.05) is 24.2 Å². The first kappa shape index (κ1) is 13.5. The Bertz CT molecular complexity index is 674. The van der Waals surface area contributed by atoms with E-state index in [0.717, 1.165) is 5.69 Å². The van der Waals surface area contributed by atoms with E-state index in [0.29, 0.717) is 11.6 Å². The van der Waals surface area contributed by atoms with Crippen LogP contribution in [0.15, 0.2) is 36.7 Å². The van der Waals surface area contributed by atoms with E-state index in [1.807, 2.05) is 6.92 Å². The Morgan fingerprint density at radius 3 is 2.52 bits per heavy atom. The highest BCUT2D eigenvalue weighted by Crippen LogP contribution is 2.30. The predicted octanol–water partition coefficient (Wildman–Crippen LogP) is 2.95. The zero-order chi connectivity index (χ0) is 15.0. The Kier molecular flexibility index (Phi) is 3.29. The molecule has 0 fully saturated rings. The summed E-state index contributed by atoms with van der Waals surface area (Å²) in [6.07, 6.45) is 2.68. The van der Waals surface area contributed by atoms with Crippen molar-refractivity contribution >= 4 is 5.82 Å². The van der Waals surface area contributed by atoms with Crippen LogP contribution >= 0.6 is 0 Å². The third-order valence-electron chi connectivity index (χ3n) is 3.26. The first-order chi connectivity index (χ1) is 10.1. The molecule has 1 atom stereocenters. The summed E-state index contributed by atoms with van der Waals surface area (Å²) in [6.45, 7) is 3.63. The first-order valence-electron chi connectivity index (χ1n) is 6.53. The molecule has 108 valence electrons. The second kappa shape index (κ2) is 5.12. The van der Waals surface area contributed by atoms with Crippen LogP contribution in [0.1, 0.15) is 23.2 Å². The first-order valence-corrected chi connectivity index (χ1v) is 6.53. The van der Waals surface area contributed by atoms with Crippen LogP contribution in [0.5, 0.6) is 0 Å². The molecule has 1 aliphatic rings. The molecular formula is C15H14F2N4. The Morgan fingerprint density at radius 2 is 1.86 bits per heavy atom. The molecule has 0 spiro atoms. The number of halogens is 2. The maximum atomic E-state index is 14.0. The fourth-order valence-corrected chi connectivity index (χ4v) is 2.41. The molecule has 1 aromatic carbocycles. The van der Waals surface area contributed by atoms with Gasteiger partial charge in [0.15, 0.2) is 0 Å². The highest BCUT2D eigenvalue weighted by atomic mass is 19.1. The highest BCUT2D eigenvalue weighted by molar-refractivity contribution is 5.49. The van der Waals surface area contributed by atoms with E-state index in [2.05, 4.69) is 15.3 Å². The minimum atomic E-state index is -0.667. The molecule has 0 aliphatic carbocycles. The maximum absolute atomic E-state index is 14.0. The van der Waals surface area contributed by atoms with E-state index in [9.17, 15) is 8.78 Å². The Labute approximate surface area is 121 Å². The second-order valence-corrected chi connectivity index (χ2v) is 4.84. The van der Waals surface area contributed by atoms with E-state index in [1.54, 1.807) is 30.3 Å². The van der Waals surface area contributed by atoms with Crippen molar-refractivity contribution in [1.29, 1.82) is 0 Å². The molecule has 4 nitrogen and oxygen atoms in total. The highest BCUT2D eigenvalue weighted by Gasteiger charge is 2.28. The van der Waals surface area contributed by atoms with Gasteiger partial charge in [-0.3, -0.25) is 0 Å². The average molecular weight is 288 g/mol. The molecule has 1 aliphatic heterocycles. The Hall–Kier alpha value is -2.50. The largest absolute Gasteiger partial charge is 0.366 e. The molecule has 21 heavy (non-hydrogen) atoms. The zero-order valence-corrected chi connectivity index (χ0v) is 11.6. The van der Waals surface area contributed by atoms with Gasteiger partial charge in [-0.05, 0) is 26.0 Å². The summed E-state index contributed by atoms with van der Waals surface area (Å²) >= 11 is 0. The number of hydrogen-bond donors (Lipinski definition) is 1. The number of nitrogens with zero attached hydrogens (tertiary/aromatic N) is 3. The lowest BCUT2D eigenvalue weighted by Crippen LogP contribution is -2.29. The summed E-state index contributed by atoms with van der Waals surface area (Å²) in [6, 6.07) is 5.61. The topological polar surface area (TPSA) is 41.0 Å². The van der Waals surface area contributed by atoms with Gasteiger partial charge in [-0.2, -0.15) is 0 Å². The van der Waals surface area contributed by atoms with Crippen molar-refractivity contribution in [2.45, 2.75) is 20.0 Å². The second-order valence-electron chi connectivity index (χ2n) is 4.84. The molecule has 0 saturated carbocycles. The number of rotatable bonds is 2. The number of nitrogens with one attached hydrogen (secondary N) is 1. The van der Waals surface area contributed by atoms with Crippen LogP contribution in [0.4, 0.5) is 14.6 Å². The molecule has 2 aromatic rings. The number of benzene rings is 1. The molecule has 1 N–H and O–H groups in total. The van der Waals surface area contributed by atoms with Crippen molar-refractivity contribution in [2.75, 3.05) is 4.90 Å². The van der Waals surface area contributed by atoms with Crippen molar-refractivity contribution in [1.82, 2.24) is 15.3 Å². The van der Waals surface area contributed by atoms with Crippen molar-refractivity contribution < 1.29 is 8.78 Å². The van der Waals surface area contributed by atoms with Crippen molar-refractivity contribution in [3.05, 3.63) is 65.4 Å². The van der Waals surface area contributed by atoms with Gasteiger partial charge in [-0.1, -0.05) is 6.07 Å². The molecule has 0 amide bonds. The lowest BCUT2D eigenvalue weighted by atomic mass is 10.1. The fraction of sp³-hybridized carbons (Fsp3) is 0.200. The quantitative estimate of drug-likeness (QED) is 0.922. The van der Waals surface area contributed by atoms with Crippen LogP contribution in [0, 0.1) is 25.5 Å². The van der Waals surface area contributed by atoms with Crippen LogP contribution in [0.25, 0.3) is 0 Å². The number of aryl methyl sites for hydroxylation is 2. The predicted molar refractivity (Wildman–Crippen MR) is 75.4 cm³/mol. The van der Waals surface area contributed by atoms with E-state index < -0.39 is 17.8 Å². The van der Waals surface area contributed by atoms with Crippen molar-refractivity contribution in [3.63, 3.8) is 0 Å². The van der Waals surface area contributed by atoms with Crippen LogP contribution in [-0.2, 0) is 0 Å². The monoisotopic (exact) mass is 288 g/mol.